The van der Waals surface area contributed by atoms with E-state index < -0.39 is 66.8 Å². The molecule has 0 saturated carbocycles. The van der Waals surface area contributed by atoms with Crippen LogP contribution in [0.15, 0.2) is 0 Å². The Bertz CT molecular complexity index is 582. The SMILES string of the molecule is CC(O)[C@H](CC(=O)C[C@@H](CC(N)=O)C(=O)N(C)CC(=S)[C@@H](N)CO)C(=O)O. The molecule has 1 unspecified atom stereocenters. The number of carboxylic acid groups (broad SMARTS) is 1. The smallest absolute Gasteiger partial charge is 0.309 e. The van der Waals surface area contributed by atoms with Crippen LogP contribution >= 0.6 is 12.2 Å². The second-order valence-electron chi connectivity index (χ2n) is 6.45. The van der Waals surface area contributed by atoms with Gasteiger partial charge in [0.2, 0.25) is 11.8 Å². The fourth-order valence-electron chi connectivity index (χ4n) is 2.40. The number of hydrogen-bond acceptors (Lipinski definition) is 8. The molecule has 0 heterocycles. The van der Waals surface area contributed by atoms with Gasteiger partial charge in [-0.1, -0.05) is 12.2 Å². The van der Waals surface area contributed by atoms with Crippen LogP contribution in [0.1, 0.15) is 26.2 Å². The number of primary amides is 1. The molecule has 0 rings (SSSR count). The molecule has 0 aromatic rings. The minimum atomic E-state index is -1.34. The van der Waals surface area contributed by atoms with Gasteiger partial charge < -0.3 is 31.7 Å². The minimum Gasteiger partial charge on any atom is -0.481 e. The van der Waals surface area contributed by atoms with Crippen LogP contribution in [0.2, 0.25) is 0 Å². The first kappa shape index (κ1) is 25.1. The van der Waals surface area contributed by atoms with Gasteiger partial charge in [0.05, 0.1) is 37.1 Å². The summed E-state index contributed by atoms with van der Waals surface area (Å²) in [5, 5.41) is 27.5. The number of aliphatic hydroxyl groups excluding tert-OH is 2. The predicted octanol–water partition coefficient (Wildman–Crippen LogP) is -1.94. The second kappa shape index (κ2) is 11.7. The molecule has 0 spiro atoms. The van der Waals surface area contributed by atoms with Gasteiger partial charge in [-0.15, -0.1) is 0 Å². The Kier molecular flexibility index (Phi) is 10.9. The highest BCUT2D eigenvalue weighted by Crippen LogP contribution is 2.18. The summed E-state index contributed by atoms with van der Waals surface area (Å²) < 4.78 is 0. The van der Waals surface area contributed by atoms with Gasteiger partial charge in [-0.05, 0) is 6.92 Å². The molecule has 2 amide bonds. The summed E-state index contributed by atoms with van der Waals surface area (Å²) in [6, 6.07) is -0.797. The molecular formula is C16H27N3O7S. The third kappa shape index (κ3) is 9.00. The van der Waals surface area contributed by atoms with E-state index in [0.717, 1.165) is 0 Å². The van der Waals surface area contributed by atoms with E-state index in [1.807, 2.05) is 0 Å². The summed E-state index contributed by atoms with van der Waals surface area (Å²) in [6.07, 6.45) is -2.54. The average Bonchev–Trinajstić information content (AvgIpc) is 2.56. The lowest BCUT2D eigenvalue weighted by molar-refractivity contribution is -0.148. The van der Waals surface area contributed by atoms with Gasteiger partial charge in [0, 0.05) is 31.2 Å². The number of hydrogen-bond donors (Lipinski definition) is 5. The maximum absolute atomic E-state index is 12.6. The summed E-state index contributed by atoms with van der Waals surface area (Å²) in [5.74, 6) is -5.71. The number of thiocarbonyl (C=S) groups is 1. The van der Waals surface area contributed by atoms with Crippen molar-refractivity contribution in [1.82, 2.24) is 4.90 Å². The van der Waals surface area contributed by atoms with E-state index in [1.165, 1.54) is 18.9 Å². The van der Waals surface area contributed by atoms with Crippen molar-refractivity contribution in [1.29, 1.82) is 0 Å². The number of nitrogens with zero attached hydrogens (tertiary/aromatic N) is 1. The van der Waals surface area contributed by atoms with Crippen molar-refractivity contribution in [2.24, 2.45) is 23.3 Å². The number of ketones is 1. The summed E-state index contributed by atoms with van der Waals surface area (Å²) in [6.45, 7) is 0.794. The zero-order valence-electron chi connectivity index (χ0n) is 15.3. The number of amides is 2. The Morgan fingerprint density at radius 1 is 1.15 bits per heavy atom. The molecule has 0 saturated heterocycles. The Labute approximate surface area is 162 Å². The lowest BCUT2D eigenvalue weighted by atomic mass is 9.90. The fourth-order valence-corrected chi connectivity index (χ4v) is 2.67. The quantitative estimate of drug-likeness (QED) is 0.217. The largest absolute Gasteiger partial charge is 0.481 e. The first-order valence-corrected chi connectivity index (χ1v) is 8.66. The molecule has 27 heavy (non-hydrogen) atoms. The Balaban J connectivity index is 5.12. The molecule has 10 nitrogen and oxygen atoms in total. The average molecular weight is 405 g/mol. The summed E-state index contributed by atoms with van der Waals surface area (Å²) in [5.41, 5.74) is 10.7. The van der Waals surface area contributed by atoms with Crippen LogP contribution in [0.5, 0.6) is 0 Å². The van der Waals surface area contributed by atoms with E-state index in [9.17, 15) is 24.3 Å². The van der Waals surface area contributed by atoms with Crippen molar-refractivity contribution < 1.29 is 34.5 Å². The minimum absolute atomic E-state index is 0.0647. The Morgan fingerprint density at radius 2 is 1.70 bits per heavy atom. The van der Waals surface area contributed by atoms with Gasteiger partial charge in [0.25, 0.3) is 0 Å². The number of carboxylic acids is 1. The van der Waals surface area contributed by atoms with Gasteiger partial charge in [-0.2, -0.15) is 0 Å². The highest BCUT2D eigenvalue weighted by molar-refractivity contribution is 7.80. The van der Waals surface area contributed by atoms with Crippen molar-refractivity contribution in [2.75, 3.05) is 20.2 Å². The first-order valence-electron chi connectivity index (χ1n) is 8.25. The molecule has 154 valence electrons. The number of Topliss-reactive ketones (excluding diaryl/α,β-unsaturated/α-hetero) is 1. The number of carbonyl (C=O) groups excluding carboxylic acids is 3. The van der Waals surface area contributed by atoms with Crippen molar-refractivity contribution in [3.05, 3.63) is 0 Å². The van der Waals surface area contributed by atoms with Crippen molar-refractivity contribution >= 4 is 40.6 Å². The molecule has 4 atom stereocenters. The van der Waals surface area contributed by atoms with E-state index in [2.05, 4.69) is 0 Å². The molecular weight excluding hydrogens is 378 g/mol. The standard InChI is InChI=1S/C16H27N3O7S/c1-8(21)11(16(25)26)5-10(22)3-9(4-14(18)23)15(24)19(2)6-13(27)12(17)7-20/h8-9,11-12,20-21H,3-7,17H2,1-2H3,(H2,18,23)(H,25,26)/t8?,9-,11-,12-/m0/s1. The number of carbonyl (C=O) groups is 4. The highest BCUT2D eigenvalue weighted by Gasteiger charge is 2.31. The zero-order chi connectivity index (χ0) is 21.3. The molecule has 7 N–H and O–H groups in total. The van der Waals surface area contributed by atoms with Gasteiger partial charge in [-0.25, -0.2) is 0 Å². The third-order valence-electron chi connectivity index (χ3n) is 4.00. The van der Waals surface area contributed by atoms with E-state index in [1.54, 1.807) is 0 Å². The van der Waals surface area contributed by atoms with Crippen LogP contribution in [0, 0.1) is 11.8 Å². The monoisotopic (exact) mass is 405 g/mol. The number of aliphatic carboxylic acids is 1. The summed E-state index contributed by atoms with van der Waals surface area (Å²) in [4.78, 5) is 48.5. The van der Waals surface area contributed by atoms with E-state index >= 15 is 0 Å². The Hall–Kier alpha value is -1.95. The van der Waals surface area contributed by atoms with E-state index in [4.69, 9.17) is 33.9 Å². The highest BCUT2D eigenvalue weighted by atomic mass is 32.1. The molecule has 0 aromatic carbocycles. The lowest BCUT2D eigenvalue weighted by Crippen LogP contribution is -2.44. The number of aliphatic hydroxyl groups is 2. The predicted molar refractivity (Wildman–Crippen MR) is 99.6 cm³/mol. The van der Waals surface area contributed by atoms with Crippen LogP contribution in [0.4, 0.5) is 0 Å². The zero-order valence-corrected chi connectivity index (χ0v) is 16.1. The molecule has 11 heteroatoms. The molecule has 0 aliphatic heterocycles. The molecule has 0 fully saturated rings. The van der Waals surface area contributed by atoms with E-state index in [-0.39, 0.29) is 18.0 Å². The van der Waals surface area contributed by atoms with Crippen molar-refractivity contribution in [2.45, 2.75) is 38.3 Å². The number of rotatable bonds is 13. The maximum atomic E-state index is 12.6. The van der Waals surface area contributed by atoms with Crippen molar-refractivity contribution in [3.8, 4) is 0 Å². The van der Waals surface area contributed by atoms with Gasteiger partial charge in [0.1, 0.15) is 5.78 Å². The van der Waals surface area contributed by atoms with E-state index in [0.29, 0.717) is 0 Å². The van der Waals surface area contributed by atoms with Crippen LogP contribution in [-0.4, -0.2) is 81.0 Å². The number of nitrogens with two attached hydrogens (primary N) is 2. The van der Waals surface area contributed by atoms with Gasteiger partial charge in [-0.3, -0.25) is 19.2 Å². The summed E-state index contributed by atoms with van der Waals surface area (Å²) >= 11 is 5.02. The molecule has 0 bridgehead atoms. The molecule has 0 radical (unpaired) electrons. The lowest BCUT2D eigenvalue weighted by Gasteiger charge is -2.25. The van der Waals surface area contributed by atoms with Gasteiger partial charge in [0.15, 0.2) is 0 Å². The second-order valence-corrected chi connectivity index (χ2v) is 6.97. The third-order valence-corrected chi connectivity index (χ3v) is 4.43. The normalized spacial score (nSPS) is 15.3. The van der Waals surface area contributed by atoms with Gasteiger partial charge >= 0.3 is 5.97 Å². The summed E-state index contributed by atoms with van der Waals surface area (Å²) in [7, 11) is 1.40. The fraction of sp³-hybridized carbons (Fsp3) is 0.688. The van der Waals surface area contributed by atoms with Crippen molar-refractivity contribution in [3.63, 3.8) is 0 Å². The van der Waals surface area contributed by atoms with Crippen LogP contribution < -0.4 is 11.5 Å². The Morgan fingerprint density at radius 3 is 2.11 bits per heavy atom. The maximum Gasteiger partial charge on any atom is 0.309 e. The van der Waals surface area contributed by atoms with Crippen LogP contribution in [-0.2, 0) is 19.2 Å². The molecule has 0 aliphatic carbocycles. The van der Waals surface area contributed by atoms with Crippen LogP contribution in [0.3, 0.4) is 0 Å². The molecule has 0 aromatic heterocycles. The molecule has 0 aliphatic rings. The first-order chi connectivity index (χ1) is 12.4. The topological polar surface area (TPSA) is 184 Å². The van der Waals surface area contributed by atoms with Crippen LogP contribution in [0.25, 0.3) is 0 Å².